The van der Waals surface area contributed by atoms with Crippen molar-refractivity contribution in [3.05, 3.63) is 23.5 Å². The molecule has 1 unspecified atom stereocenters. The number of Topliss-reactive ketones (excluding diaryl/α,β-unsaturated/α-hetero) is 1. The average Bonchev–Trinajstić information content (AvgIpc) is 2.66. The van der Waals surface area contributed by atoms with Crippen LogP contribution in [0.25, 0.3) is 0 Å². The second kappa shape index (κ2) is 4.31. The van der Waals surface area contributed by atoms with Crippen molar-refractivity contribution in [2.45, 2.75) is 13.0 Å². The molecule has 1 amide bonds. The summed E-state index contributed by atoms with van der Waals surface area (Å²) in [7, 11) is 0. The number of morpholine rings is 1. The molecule has 0 spiro atoms. The van der Waals surface area contributed by atoms with Crippen molar-refractivity contribution in [1.29, 1.82) is 0 Å². The van der Waals surface area contributed by atoms with Gasteiger partial charge in [-0.05, 0) is 19.1 Å². The van der Waals surface area contributed by atoms with Crippen LogP contribution < -0.4 is 10.2 Å². The lowest BCUT2D eigenvalue weighted by molar-refractivity contribution is -0.112. The van der Waals surface area contributed by atoms with Gasteiger partial charge in [-0.1, -0.05) is 0 Å². The second-order valence-corrected chi connectivity index (χ2v) is 4.75. The first-order valence-electron chi connectivity index (χ1n) is 6.11. The van der Waals surface area contributed by atoms with Crippen molar-refractivity contribution in [3.63, 3.8) is 0 Å². The quantitative estimate of drug-likeness (QED) is 0.774. The third kappa shape index (κ3) is 1.88. The predicted octanol–water partition coefficient (Wildman–Crippen LogP) is 1.19. The van der Waals surface area contributed by atoms with Crippen LogP contribution in [0.5, 0.6) is 0 Å². The van der Waals surface area contributed by atoms with Gasteiger partial charge in [0, 0.05) is 12.6 Å². The molecule has 1 fully saturated rings. The van der Waals surface area contributed by atoms with Crippen LogP contribution in [-0.4, -0.2) is 37.5 Å². The van der Waals surface area contributed by atoms with Crippen molar-refractivity contribution in [2.24, 2.45) is 0 Å². The Kier molecular flexibility index (Phi) is 2.74. The Balaban J connectivity index is 2.02. The number of rotatable bonds is 1. The van der Waals surface area contributed by atoms with E-state index in [1.165, 1.54) is 6.07 Å². The van der Waals surface area contributed by atoms with Crippen molar-refractivity contribution >= 4 is 23.1 Å². The molecule has 0 bridgehead atoms. The number of nitrogens with one attached hydrogen (secondary N) is 1. The number of ketones is 1. The number of amides is 1. The number of benzene rings is 1. The zero-order valence-corrected chi connectivity index (χ0v) is 10.4. The summed E-state index contributed by atoms with van der Waals surface area (Å²) in [6.07, 6.45) is 0. The maximum absolute atomic E-state index is 14.1. The van der Waals surface area contributed by atoms with Crippen LogP contribution in [0.1, 0.15) is 17.3 Å². The molecule has 1 saturated heterocycles. The van der Waals surface area contributed by atoms with Crippen LogP contribution >= 0.6 is 0 Å². The summed E-state index contributed by atoms with van der Waals surface area (Å²) in [5, 5.41) is 2.46. The summed E-state index contributed by atoms with van der Waals surface area (Å²) >= 11 is 0. The lowest BCUT2D eigenvalue weighted by Gasteiger charge is -2.35. The van der Waals surface area contributed by atoms with Crippen LogP contribution in [0.15, 0.2) is 12.1 Å². The maximum Gasteiger partial charge on any atom is 0.296 e. The molecule has 1 aromatic rings. The zero-order valence-electron chi connectivity index (χ0n) is 10.4. The van der Waals surface area contributed by atoms with Crippen LogP contribution in [0.4, 0.5) is 15.8 Å². The summed E-state index contributed by atoms with van der Waals surface area (Å²) < 4.78 is 19.4. The van der Waals surface area contributed by atoms with E-state index in [9.17, 15) is 14.0 Å². The fourth-order valence-electron chi connectivity index (χ4n) is 2.46. The van der Waals surface area contributed by atoms with Crippen molar-refractivity contribution in [2.75, 3.05) is 30.0 Å². The topological polar surface area (TPSA) is 58.6 Å². The maximum atomic E-state index is 14.1. The van der Waals surface area contributed by atoms with Crippen molar-refractivity contribution in [3.8, 4) is 0 Å². The Labute approximate surface area is 109 Å². The van der Waals surface area contributed by atoms with Gasteiger partial charge < -0.3 is 15.0 Å². The van der Waals surface area contributed by atoms with Gasteiger partial charge in [0.1, 0.15) is 5.82 Å². The fourth-order valence-corrected chi connectivity index (χ4v) is 2.46. The average molecular weight is 264 g/mol. The van der Waals surface area contributed by atoms with E-state index < -0.39 is 17.5 Å². The van der Waals surface area contributed by atoms with Crippen molar-refractivity contribution in [1.82, 2.24) is 0 Å². The Morgan fingerprint density at radius 2 is 2.21 bits per heavy atom. The van der Waals surface area contributed by atoms with Gasteiger partial charge in [0.2, 0.25) is 0 Å². The third-order valence-electron chi connectivity index (χ3n) is 3.46. The molecule has 1 atom stereocenters. The third-order valence-corrected chi connectivity index (χ3v) is 3.46. The van der Waals surface area contributed by atoms with E-state index in [1.807, 2.05) is 11.8 Å². The molecule has 100 valence electrons. The Morgan fingerprint density at radius 1 is 1.42 bits per heavy atom. The highest BCUT2D eigenvalue weighted by atomic mass is 19.1. The Bertz CT molecular complexity index is 573. The monoisotopic (exact) mass is 264 g/mol. The molecule has 6 heteroatoms. The normalized spacial score (nSPS) is 22.4. The van der Waals surface area contributed by atoms with E-state index in [1.54, 1.807) is 0 Å². The van der Waals surface area contributed by atoms with Gasteiger partial charge in [0.15, 0.2) is 0 Å². The molecule has 0 aromatic heterocycles. The number of hydrogen-bond acceptors (Lipinski definition) is 4. The van der Waals surface area contributed by atoms with Crippen LogP contribution in [0.3, 0.4) is 0 Å². The van der Waals surface area contributed by atoms with E-state index in [0.717, 1.165) is 6.07 Å². The summed E-state index contributed by atoms with van der Waals surface area (Å²) in [5.41, 5.74) is 0.877. The minimum absolute atomic E-state index is 0.0501. The summed E-state index contributed by atoms with van der Waals surface area (Å²) in [6.45, 7) is 3.59. The van der Waals surface area contributed by atoms with Gasteiger partial charge in [0.25, 0.3) is 11.7 Å². The predicted molar refractivity (Wildman–Crippen MR) is 67.0 cm³/mol. The summed E-state index contributed by atoms with van der Waals surface area (Å²) in [6, 6.07) is 2.71. The molecule has 2 heterocycles. The number of hydrogen-bond donors (Lipinski definition) is 1. The molecular formula is C13H13FN2O3. The highest BCUT2D eigenvalue weighted by Gasteiger charge is 2.31. The minimum Gasteiger partial charge on any atom is -0.377 e. The van der Waals surface area contributed by atoms with Gasteiger partial charge in [-0.2, -0.15) is 0 Å². The molecule has 0 radical (unpaired) electrons. The van der Waals surface area contributed by atoms with E-state index >= 15 is 0 Å². The van der Waals surface area contributed by atoms with Gasteiger partial charge in [-0.15, -0.1) is 0 Å². The smallest absolute Gasteiger partial charge is 0.296 e. The molecule has 1 N–H and O–H groups in total. The molecule has 5 nitrogen and oxygen atoms in total. The van der Waals surface area contributed by atoms with Crippen LogP contribution in [-0.2, 0) is 9.53 Å². The number of carbonyl (C=O) groups excluding carboxylic acids is 2. The lowest BCUT2D eigenvalue weighted by atomic mass is 10.1. The Hall–Kier alpha value is -1.95. The molecule has 1 aromatic carbocycles. The first-order valence-corrected chi connectivity index (χ1v) is 6.11. The van der Waals surface area contributed by atoms with E-state index in [2.05, 4.69) is 5.32 Å². The number of ether oxygens (including phenoxy) is 1. The SMILES string of the molecule is CC1COCCN1c1cc2c(cc1F)C(=O)C(=O)N2. The minimum atomic E-state index is -0.707. The van der Waals surface area contributed by atoms with Crippen LogP contribution in [0, 0.1) is 5.82 Å². The number of nitrogens with zero attached hydrogens (tertiary/aromatic N) is 1. The first-order chi connectivity index (χ1) is 9.08. The number of halogens is 1. The standard InChI is InChI=1S/C13H13FN2O3/c1-7-6-19-3-2-16(7)11-5-10-8(4-9(11)14)12(17)13(18)15-10/h4-5,7H,2-3,6H2,1H3,(H,15,17,18). The number of carbonyl (C=O) groups is 2. The molecule has 0 saturated carbocycles. The van der Waals surface area contributed by atoms with E-state index in [-0.39, 0.29) is 11.6 Å². The Morgan fingerprint density at radius 3 is 2.95 bits per heavy atom. The first kappa shape index (κ1) is 12.1. The van der Waals surface area contributed by atoms with E-state index in [0.29, 0.717) is 31.1 Å². The summed E-state index contributed by atoms with van der Waals surface area (Å²) in [5.74, 6) is -1.88. The molecule has 3 rings (SSSR count). The highest BCUT2D eigenvalue weighted by Crippen LogP contribution is 2.32. The second-order valence-electron chi connectivity index (χ2n) is 4.75. The largest absolute Gasteiger partial charge is 0.377 e. The lowest BCUT2D eigenvalue weighted by Crippen LogP contribution is -2.44. The molecule has 0 aliphatic carbocycles. The molecule has 19 heavy (non-hydrogen) atoms. The van der Waals surface area contributed by atoms with Gasteiger partial charge in [-0.25, -0.2) is 4.39 Å². The molecule has 2 aliphatic rings. The van der Waals surface area contributed by atoms with Crippen LogP contribution in [0.2, 0.25) is 0 Å². The number of anilines is 2. The van der Waals surface area contributed by atoms with Gasteiger partial charge >= 0.3 is 0 Å². The van der Waals surface area contributed by atoms with Gasteiger partial charge in [-0.3, -0.25) is 9.59 Å². The number of fused-ring (bicyclic) bond motifs is 1. The van der Waals surface area contributed by atoms with Crippen molar-refractivity contribution < 1.29 is 18.7 Å². The van der Waals surface area contributed by atoms with E-state index in [4.69, 9.17) is 4.74 Å². The fraction of sp³-hybridized carbons (Fsp3) is 0.385. The zero-order chi connectivity index (χ0) is 13.6. The molecule has 2 aliphatic heterocycles. The highest BCUT2D eigenvalue weighted by molar-refractivity contribution is 6.51. The summed E-state index contributed by atoms with van der Waals surface area (Å²) in [4.78, 5) is 24.6. The molecular weight excluding hydrogens is 251 g/mol. The van der Waals surface area contributed by atoms with Gasteiger partial charge in [0.05, 0.1) is 30.2 Å².